The summed E-state index contributed by atoms with van der Waals surface area (Å²) in [5.74, 6) is -0.273. The van der Waals surface area contributed by atoms with Gasteiger partial charge in [0.15, 0.2) is 0 Å². The first-order valence-corrected chi connectivity index (χ1v) is 10.7. The van der Waals surface area contributed by atoms with Crippen LogP contribution in [-0.2, 0) is 9.59 Å². The fourth-order valence-electron chi connectivity index (χ4n) is 4.14. The lowest BCUT2D eigenvalue weighted by Crippen LogP contribution is -2.32. The maximum atomic E-state index is 13.7. The van der Waals surface area contributed by atoms with Gasteiger partial charge in [-0.1, -0.05) is 72.3 Å². The predicted octanol–water partition coefficient (Wildman–Crippen LogP) is 5.55. The van der Waals surface area contributed by atoms with Crippen molar-refractivity contribution >= 4 is 39.5 Å². The normalized spacial score (nSPS) is 13.7. The Balaban J connectivity index is 1.69. The lowest BCUT2D eigenvalue weighted by molar-refractivity contribution is -0.120. The Hall–Kier alpha value is -4.38. The Kier molecular flexibility index (Phi) is 5.15. The molecule has 1 aliphatic rings. The Bertz CT molecular complexity index is 1420. The van der Waals surface area contributed by atoms with Gasteiger partial charge in [0, 0.05) is 16.6 Å². The van der Waals surface area contributed by atoms with Crippen LogP contribution in [0.15, 0.2) is 96.7 Å². The predicted molar refractivity (Wildman–Crippen MR) is 131 cm³/mol. The van der Waals surface area contributed by atoms with Crippen molar-refractivity contribution in [3.05, 3.63) is 108 Å². The molecular weight excluding hydrogens is 412 g/mol. The van der Waals surface area contributed by atoms with Crippen LogP contribution in [0.3, 0.4) is 0 Å². The molecule has 4 aromatic rings. The number of benzene rings is 4. The number of fused-ring (bicyclic) bond motifs is 1. The number of para-hydroxylation sites is 1. The molecule has 0 aromatic heterocycles. The quantitative estimate of drug-likeness (QED) is 0.418. The van der Waals surface area contributed by atoms with Crippen LogP contribution in [0, 0.1) is 6.92 Å². The first-order valence-electron chi connectivity index (χ1n) is 10.7. The summed E-state index contributed by atoms with van der Waals surface area (Å²) in [5, 5.41) is 5.28. The van der Waals surface area contributed by atoms with Crippen molar-refractivity contribution in [1.82, 2.24) is 0 Å². The highest BCUT2D eigenvalue weighted by Gasteiger charge is 2.41. The second-order valence-electron chi connectivity index (χ2n) is 7.88. The number of ether oxygens (including phenoxy) is 1. The maximum Gasteiger partial charge on any atom is 0.282 e. The monoisotopic (exact) mass is 434 g/mol. The van der Waals surface area contributed by atoms with E-state index in [0.717, 1.165) is 22.0 Å². The molecule has 162 valence electrons. The number of nitrogens with zero attached hydrogens (tertiary/aromatic N) is 1. The van der Waals surface area contributed by atoms with Crippen LogP contribution in [-0.4, -0.2) is 18.9 Å². The minimum Gasteiger partial charge on any atom is -0.496 e. The van der Waals surface area contributed by atoms with E-state index in [9.17, 15) is 9.59 Å². The molecule has 5 nitrogen and oxygen atoms in total. The lowest BCUT2D eigenvalue weighted by Gasteiger charge is -2.16. The van der Waals surface area contributed by atoms with Crippen LogP contribution in [0.2, 0.25) is 0 Å². The van der Waals surface area contributed by atoms with Gasteiger partial charge in [-0.25, -0.2) is 4.90 Å². The molecule has 0 unspecified atom stereocenters. The molecule has 4 aromatic carbocycles. The number of nitrogens with one attached hydrogen (secondary N) is 1. The molecule has 33 heavy (non-hydrogen) atoms. The highest BCUT2D eigenvalue weighted by molar-refractivity contribution is 6.46. The number of methoxy groups -OCH3 is 1. The average molecular weight is 434 g/mol. The Morgan fingerprint density at radius 2 is 1.45 bits per heavy atom. The first-order chi connectivity index (χ1) is 16.1. The molecule has 0 saturated carbocycles. The molecule has 0 bridgehead atoms. The van der Waals surface area contributed by atoms with Gasteiger partial charge >= 0.3 is 0 Å². The van der Waals surface area contributed by atoms with Crippen LogP contribution >= 0.6 is 0 Å². The third-order valence-electron chi connectivity index (χ3n) is 5.80. The summed E-state index contributed by atoms with van der Waals surface area (Å²) < 4.78 is 5.52. The Morgan fingerprint density at radius 3 is 2.24 bits per heavy atom. The first kappa shape index (κ1) is 20.5. The Labute approximate surface area is 191 Å². The highest BCUT2D eigenvalue weighted by atomic mass is 16.5. The molecule has 2 amide bonds. The molecular formula is C28H22N2O3. The summed E-state index contributed by atoms with van der Waals surface area (Å²) in [7, 11) is 1.55. The smallest absolute Gasteiger partial charge is 0.282 e. The van der Waals surface area contributed by atoms with Crippen molar-refractivity contribution in [3.63, 3.8) is 0 Å². The van der Waals surface area contributed by atoms with Crippen molar-refractivity contribution in [1.29, 1.82) is 0 Å². The van der Waals surface area contributed by atoms with E-state index in [0.29, 0.717) is 17.0 Å². The second kappa shape index (κ2) is 8.28. The van der Waals surface area contributed by atoms with Crippen LogP contribution in [0.1, 0.15) is 11.1 Å². The number of carbonyl (C=O) groups is 2. The molecule has 0 spiro atoms. The van der Waals surface area contributed by atoms with Crippen molar-refractivity contribution in [3.8, 4) is 5.75 Å². The van der Waals surface area contributed by atoms with Gasteiger partial charge in [-0.15, -0.1) is 0 Å². The number of imide groups is 1. The van der Waals surface area contributed by atoms with Crippen molar-refractivity contribution in [2.24, 2.45) is 0 Å². The number of rotatable bonds is 5. The molecule has 5 rings (SSSR count). The van der Waals surface area contributed by atoms with E-state index in [4.69, 9.17) is 4.74 Å². The van der Waals surface area contributed by atoms with E-state index in [1.807, 2.05) is 73.7 Å². The average Bonchev–Trinajstić information content (AvgIpc) is 3.09. The lowest BCUT2D eigenvalue weighted by atomic mass is 10.0. The fourth-order valence-corrected chi connectivity index (χ4v) is 4.14. The number of hydrogen-bond donors (Lipinski definition) is 1. The molecule has 0 saturated heterocycles. The molecule has 0 aliphatic carbocycles. The fraction of sp³-hybridized carbons (Fsp3) is 0.0714. The molecule has 0 atom stereocenters. The van der Waals surface area contributed by atoms with Gasteiger partial charge in [-0.3, -0.25) is 9.59 Å². The van der Waals surface area contributed by atoms with Crippen LogP contribution < -0.4 is 15.0 Å². The number of hydrogen-bond acceptors (Lipinski definition) is 4. The number of aryl methyl sites for hydroxylation is 1. The van der Waals surface area contributed by atoms with Crippen LogP contribution in [0.25, 0.3) is 16.3 Å². The molecule has 1 aliphatic heterocycles. The number of anilines is 2. The molecule has 1 heterocycles. The summed E-state index contributed by atoms with van der Waals surface area (Å²) in [6.07, 6.45) is 0. The molecule has 0 radical (unpaired) electrons. The number of amides is 2. The van der Waals surface area contributed by atoms with Gasteiger partial charge < -0.3 is 10.1 Å². The zero-order chi connectivity index (χ0) is 22.9. The highest BCUT2D eigenvalue weighted by Crippen LogP contribution is 2.38. The molecule has 0 fully saturated rings. The van der Waals surface area contributed by atoms with E-state index in [2.05, 4.69) is 5.32 Å². The zero-order valence-electron chi connectivity index (χ0n) is 18.3. The summed E-state index contributed by atoms with van der Waals surface area (Å²) in [6, 6.07) is 28.3. The van der Waals surface area contributed by atoms with Crippen LogP contribution in [0.5, 0.6) is 5.75 Å². The van der Waals surface area contributed by atoms with Gasteiger partial charge in [-0.05, 0) is 36.6 Å². The topological polar surface area (TPSA) is 58.6 Å². The zero-order valence-corrected chi connectivity index (χ0v) is 18.3. The van der Waals surface area contributed by atoms with Crippen molar-refractivity contribution < 1.29 is 14.3 Å². The van der Waals surface area contributed by atoms with Gasteiger partial charge in [0.05, 0.1) is 18.4 Å². The van der Waals surface area contributed by atoms with E-state index in [1.165, 1.54) is 4.90 Å². The second-order valence-corrected chi connectivity index (χ2v) is 7.88. The van der Waals surface area contributed by atoms with Gasteiger partial charge in [-0.2, -0.15) is 0 Å². The standard InChI is InChI=1S/C28H22N2O3/c1-18-14-16-20(17-15-18)30-27(31)25(22-11-5-6-13-24(22)33-2)26(28(30)32)29-23-12-7-9-19-8-3-4-10-21(19)23/h3-17,29H,1-2H3. The van der Waals surface area contributed by atoms with Gasteiger partial charge in [0.2, 0.25) is 0 Å². The third-order valence-corrected chi connectivity index (χ3v) is 5.80. The summed E-state index contributed by atoms with van der Waals surface area (Å²) in [6.45, 7) is 1.96. The molecule has 1 N–H and O–H groups in total. The van der Waals surface area contributed by atoms with E-state index in [-0.39, 0.29) is 11.3 Å². The molecule has 5 heteroatoms. The minimum absolute atomic E-state index is 0.224. The largest absolute Gasteiger partial charge is 0.496 e. The van der Waals surface area contributed by atoms with E-state index >= 15 is 0 Å². The number of carbonyl (C=O) groups excluding carboxylic acids is 2. The van der Waals surface area contributed by atoms with E-state index in [1.54, 1.807) is 31.4 Å². The van der Waals surface area contributed by atoms with Gasteiger partial charge in [0.25, 0.3) is 11.8 Å². The van der Waals surface area contributed by atoms with Gasteiger partial charge in [0.1, 0.15) is 11.4 Å². The van der Waals surface area contributed by atoms with Crippen LogP contribution in [0.4, 0.5) is 11.4 Å². The summed E-state index contributed by atoms with van der Waals surface area (Å²) in [4.78, 5) is 28.6. The summed E-state index contributed by atoms with van der Waals surface area (Å²) >= 11 is 0. The van der Waals surface area contributed by atoms with E-state index < -0.39 is 11.8 Å². The van der Waals surface area contributed by atoms with Crippen molar-refractivity contribution in [2.75, 3.05) is 17.3 Å². The summed E-state index contributed by atoms with van der Waals surface area (Å²) in [5.41, 5.74) is 3.40. The third kappa shape index (κ3) is 3.53. The SMILES string of the molecule is COc1ccccc1C1=C(Nc2cccc3ccccc23)C(=O)N(c2ccc(C)cc2)C1=O. The Morgan fingerprint density at radius 1 is 0.758 bits per heavy atom. The van der Waals surface area contributed by atoms with Crippen molar-refractivity contribution in [2.45, 2.75) is 6.92 Å². The maximum absolute atomic E-state index is 13.7. The minimum atomic E-state index is -0.405.